The smallest absolute Gasteiger partial charge is 0.0757 e. The molecule has 1 aromatic rings. The average molecular weight is 311 g/mol. The largest absolute Gasteiger partial charge is 0.370 e. The maximum atomic E-state index is 5.99. The molecule has 3 nitrogen and oxygen atoms in total. The van der Waals surface area contributed by atoms with Crippen molar-refractivity contribution < 1.29 is 4.74 Å². The summed E-state index contributed by atoms with van der Waals surface area (Å²) in [6.07, 6.45) is 0.315. The molecule has 4 heteroatoms. The Bertz CT molecular complexity index is 467. The first-order chi connectivity index (χ1) is 9.75. The minimum absolute atomic E-state index is 0.0381. The Morgan fingerprint density at radius 2 is 2.19 bits per heavy atom. The minimum Gasteiger partial charge on any atom is -0.370 e. The minimum atomic E-state index is -0.0381. The number of hydrogen-bond donors (Lipinski definition) is 1. The van der Waals surface area contributed by atoms with E-state index in [1.807, 2.05) is 11.3 Å². The van der Waals surface area contributed by atoms with Crippen LogP contribution in [0.15, 0.2) is 6.07 Å². The zero-order chi connectivity index (χ0) is 15.6. The van der Waals surface area contributed by atoms with Gasteiger partial charge in [-0.1, -0.05) is 13.8 Å². The molecule has 0 radical (unpaired) electrons. The molecule has 1 aromatic heterocycles. The monoisotopic (exact) mass is 310 g/mol. The normalized spacial score (nSPS) is 22.9. The number of ether oxygens (including phenoxy) is 1. The van der Waals surface area contributed by atoms with E-state index in [-0.39, 0.29) is 5.60 Å². The predicted octanol–water partition coefficient (Wildman–Crippen LogP) is 3.55. The second kappa shape index (κ2) is 6.78. The van der Waals surface area contributed by atoms with Crippen LogP contribution in [0.5, 0.6) is 0 Å². The Morgan fingerprint density at radius 1 is 1.48 bits per heavy atom. The molecule has 1 atom stereocenters. The highest BCUT2D eigenvalue weighted by atomic mass is 32.1. The molecule has 0 aliphatic carbocycles. The van der Waals surface area contributed by atoms with Crippen molar-refractivity contribution in [1.29, 1.82) is 0 Å². The van der Waals surface area contributed by atoms with Crippen molar-refractivity contribution in [2.24, 2.45) is 0 Å². The molecular formula is C17H30N2OS. The summed E-state index contributed by atoms with van der Waals surface area (Å²) in [6, 6.07) is 2.92. The van der Waals surface area contributed by atoms with E-state index in [4.69, 9.17) is 4.74 Å². The van der Waals surface area contributed by atoms with E-state index in [0.29, 0.717) is 12.1 Å². The fraction of sp³-hybridized carbons (Fsp3) is 0.765. The molecule has 2 heterocycles. The van der Waals surface area contributed by atoms with Gasteiger partial charge in [0.05, 0.1) is 11.7 Å². The van der Waals surface area contributed by atoms with Crippen molar-refractivity contribution in [3.63, 3.8) is 0 Å². The molecule has 0 spiro atoms. The summed E-state index contributed by atoms with van der Waals surface area (Å²) < 4.78 is 5.99. The summed E-state index contributed by atoms with van der Waals surface area (Å²) in [5.41, 5.74) is 1.44. The quantitative estimate of drug-likeness (QED) is 0.900. The highest BCUT2D eigenvalue weighted by Crippen LogP contribution is 2.26. The van der Waals surface area contributed by atoms with Crippen LogP contribution in [0, 0.1) is 6.92 Å². The molecular weight excluding hydrogens is 280 g/mol. The molecule has 1 aliphatic heterocycles. The first kappa shape index (κ1) is 16.9. The van der Waals surface area contributed by atoms with E-state index in [9.17, 15) is 0 Å². The van der Waals surface area contributed by atoms with Crippen molar-refractivity contribution in [3.8, 4) is 0 Å². The van der Waals surface area contributed by atoms with Crippen LogP contribution < -0.4 is 5.32 Å². The maximum absolute atomic E-state index is 5.99. The third-order valence-electron chi connectivity index (χ3n) is 3.79. The van der Waals surface area contributed by atoms with Crippen LogP contribution >= 0.6 is 11.3 Å². The van der Waals surface area contributed by atoms with Gasteiger partial charge in [0.15, 0.2) is 0 Å². The van der Waals surface area contributed by atoms with Crippen molar-refractivity contribution in [1.82, 2.24) is 10.2 Å². The van der Waals surface area contributed by atoms with Gasteiger partial charge in [0.25, 0.3) is 0 Å². The van der Waals surface area contributed by atoms with Crippen LogP contribution in [0.3, 0.4) is 0 Å². The molecule has 2 rings (SSSR count). The lowest BCUT2D eigenvalue weighted by Crippen LogP contribution is -2.51. The van der Waals surface area contributed by atoms with E-state index in [1.54, 1.807) is 0 Å². The lowest BCUT2D eigenvalue weighted by Gasteiger charge is -2.41. The molecule has 1 fully saturated rings. The topological polar surface area (TPSA) is 24.5 Å². The first-order valence-corrected chi connectivity index (χ1v) is 8.78. The number of nitrogens with zero attached hydrogens (tertiary/aromatic N) is 1. The van der Waals surface area contributed by atoms with E-state index < -0.39 is 0 Å². The number of nitrogens with one attached hydrogen (secondary N) is 1. The fourth-order valence-corrected chi connectivity index (χ4v) is 4.09. The van der Waals surface area contributed by atoms with Gasteiger partial charge in [-0.25, -0.2) is 0 Å². The predicted molar refractivity (Wildman–Crippen MR) is 90.9 cm³/mol. The van der Waals surface area contributed by atoms with E-state index in [1.165, 1.54) is 15.3 Å². The summed E-state index contributed by atoms with van der Waals surface area (Å²) in [7, 11) is 0. The van der Waals surface area contributed by atoms with Crippen molar-refractivity contribution in [3.05, 3.63) is 21.4 Å². The second-order valence-electron chi connectivity index (χ2n) is 7.19. The molecule has 1 saturated heterocycles. The lowest BCUT2D eigenvalue weighted by molar-refractivity contribution is -0.130. The molecule has 0 bridgehead atoms. The first-order valence-electron chi connectivity index (χ1n) is 7.97. The summed E-state index contributed by atoms with van der Waals surface area (Å²) in [5, 5.41) is 3.50. The summed E-state index contributed by atoms with van der Waals surface area (Å²) in [4.78, 5) is 5.42. The third-order valence-corrected chi connectivity index (χ3v) is 4.88. The van der Waals surface area contributed by atoms with Crippen LogP contribution in [0.2, 0.25) is 0 Å². The maximum Gasteiger partial charge on any atom is 0.0757 e. The molecule has 0 amide bonds. The molecule has 1 N–H and O–H groups in total. The van der Waals surface area contributed by atoms with Gasteiger partial charge in [-0.2, -0.15) is 0 Å². The van der Waals surface area contributed by atoms with Gasteiger partial charge in [0.1, 0.15) is 0 Å². The van der Waals surface area contributed by atoms with Gasteiger partial charge in [0.2, 0.25) is 0 Å². The highest BCUT2D eigenvalue weighted by Gasteiger charge is 2.31. The molecule has 0 saturated carbocycles. The fourth-order valence-electron chi connectivity index (χ4n) is 3.08. The van der Waals surface area contributed by atoms with Gasteiger partial charge in [0, 0.05) is 42.0 Å². The van der Waals surface area contributed by atoms with Crippen LogP contribution in [-0.2, 0) is 17.8 Å². The standard InChI is InChI=1S/C17H30N2OS/c1-12(2)18-8-16-7-15(14(4)21-16)10-19-9-13(3)20-17(5,6)11-19/h7,12-13,18H,8-11H2,1-6H3. The lowest BCUT2D eigenvalue weighted by atomic mass is 10.0. The Morgan fingerprint density at radius 3 is 2.81 bits per heavy atom. The third kappa shape index (κ3) is 5.06. The SMILES string of the molecule is Cc1sc(CNC(C)C)cc1CN1CC(C)OC(C)(C)C1. The highest BCUT2D eigenvalue weighted by molar-refractivity contribution is 7.12. The molecule has 1 unspecified atom stereocenters. The van der Waals surface area contributed by atoms with Crippen molar-refractivity contribution >= 4 is 11.3 Å². The molecule has 120 valence electrons. The Balaban J connectivity index is 1.99. The van der Waals surface area contributed by atoms with E-state index >= 15 is 0 Å². The summed E-state index contributed by atoms with van der Waals surface area (Å²) >= 11 is 1.93. The number of thiophene rings is 1. The van der Waals surface area contributed by atoms with E-state index in [2.05, 4.69) is 57.8 Å². The Hall–Kier alpha value is -0.420. The molecule has 1 aliphatic rings. The Kier molecular flexibility index (Phi) is 5.47. The number of morpholine rings is 1. The van der Waals surface area contributed by atoms with Crippen LogP contribution in [0.1, 0.15) is 49.9 Å². The van der Waals surface area contributed by atoms with Gasteiger partial charge < -0.3 is 10.1 Å². The number of aryl methyl sites for hydroxylation is 1. The van der Waals surface area contributed by atoms with Gasteiger partial charge in [-0.15, -0.1) is 11.3 Å². The number of hydrogen-bond acceptors (Lipinski definition) is 4. The van der Waals surface area contributed by atoms with Crippen molar-refractivity contribution in [2.45, 2.75) is 72.4 Å². The van der Waals surface area contributed by atoms with Crippen molar-refractivity contribution in [2.75, 3.05) is 13.1 Å². The van der Waals surface area contributed by atoms with Gasteiger partial charge in [-0.3, -0.25) is 4.90 Å². The average Bonchev–Trinajstić information content (AvgIpc) is 2.65. The van der Waals surface area contributed by atoms with Gasteiger partial charge >= 0.3 is 0 Å². The van der Waals surface area contributed by atoms with Crippen LogP contribution in [0.25, 0.3) is 0 Å². The molecule has 0 aromatic carbocycles. The Labute approximate surface area is 133 Å². The summed E-state index contributed by atoms with van der Waals surface area (Å²) in [5.74, 6) is 0. The van der Waals surface area contributed by atoms with E-state index in [0.717, 1.165) is 26.2 Å². The van der Waals surface area contributed by atoms with Crippen LogP contribution in [0.4, 0.5) is 0 Å². The number of rotatable bonds is 5. The summed E-state index contributed by atoms with van der Waals surface area (Å²) in [6.45, 7) is 17.2. The molecule has 21 heavy (non-hydrogen) atoms. The van der Waals surface area contributed by atoms with Crippen LogP contribution in [-0.4, -0.2) is 35.7 Å². The second-order valence-corrected chi connectivity index (χ2v) is 8.53. The zero-order valence-corrected chi connectivity index (χ0v) is 15.1. The van der Waals surface area contributed by atoms with Gasteiger partial charge in [-0.05, 0) is 39.3 Å². The zero-order valence-electron chi connectivity index (χ0n) is 14.3.